The standard InChI is InChI=1S/C8H12N2O/c9-7-5-2-1-4(3-5)6(7)8(10)11/h1-2,4-7H,3,9H2,(H2,10,11)/t4-,5-,6+,7+/m1/s1. The summed E-state index contributed by atoms with van der Waals surface area (Å²) >= 11 is 0. The molecule has 1 amide bonds. The quantitative estimate of drug-likeness (QED) is 0.503. The van der Waals surface area contributed by atoms with E-state index < -0.39 is 0 Å². The largest absolute Gasteiger partial charge is 0.369 e. The normalized spacial score (nSPS) is 46.6. The SMILES string of the molecule is NC(=O)[C@@H]1[C@@H](N)[C@@H]2C=C[C@@H]1C2. The molecule has 0 heterocycles. The number of hydrogen-bond donors (Lipinski definition) is 2. The smallest absolute Gasteiger partial charge is 0.222 e. The van der Waals surface area contributed by atoms with Crippen LogP contribution in [0.5, 0.6) is 0 Å². The van der Waals surface area contributed by atoms with Crippen molar-refractivity contribution in [1.29, 1.82) is 0 Å². The van der Waals surface area contributed by atoms with Crippen molar-refractivity contribution in [3.63, 3.8) is 0 Å². The summed E-state index contributed by atoms with van der Waals surface area (Å²) in [4.78, 5) is 10.9. The first-order valence-corrected chi connectivity index (χ1v) is 3.93. The van der Waals surface area contributed by atoms with E-state index in [4.69, 9.17) is 11.5 Å². The molecule has 0 spiro atoms. The Balaban J connectivity index is 2.25. The molecule has 3 heteroatoms. The first kappa shape index (κ1) is 6.85. The first-order chi connectivity index (χ1) is 5.20. The van der Waals surface area contributed by atoms with Crippen LogP contribution in [0.2, 0.25) is 0 Å². The number of carbonyl (C=O) groups is 1. The van der Waals surface area contributed by atoms with Crippen LogP contribution in [0.4, 0.5) is 0 Å². The summed E-state index contributed by atoms with van der Waals surface area (Å²) in [5.74, 6) is 0.379. The van der Waals surface area contributed by atoms with E-state index in [0.29, 0.717) is 11.8 Å². The lowest BCUT2D eigenvalue weighted by Crippen LogP contribution is -2.41. The zero-order valence-electron chi connectivity index (χ0n) is 6.23. The zero-order chi connectivity index (χ0) is 8.01. The fraction of sp³-hybridized carbons (Fsp3) is 0.625. The molecule has 2 aliphatic rings. The maximum atomic E-state index is 10.9. The number of rotatable bonds is 1. The van der Waals surface area contributed by atoms with Crippen molar-refractivity contribution in [3.05, 3.63) is 12.2 Å². The van der Waals surface area contributed by atoms with Gasteiger partial charge in [0, 0.05) is 6.04 Å². The second-order valence-electron chi connectivity index (χ2n) is 3.45. The first-order valence-electron chi connectivity index (χ1n) is 3.93. The third-order valence-corrected chi connectivity index (χ3v) is 2.85. The van der Waals surface area contributed by atoms with Gasteiger partial charge in [-0.2, -0.15) is 0 Å². The van der Waals surface area contributed by atoms with E-state index in [1.54, 1.807) is 0 Å². The fourth-order valence-corrected chi connectivity index (χ4v) is 2.26. The van der Waals surface area contributed by atoms with Crippen LogP contribution in [-0.2, 0) is 4.79 Å². The molecule has 0 saturated heterocycles. The summed E-state index contributed by atoms with van der Waals surface area (Å²) in [6.45, 7) is 0. The average Bonchev–Trinajstić information content (AvgIpc) is 2.44. The average molecular weight is 152 g/mol. The van der Waals surface area contributed by atoms with Crippen molar-refractivity contribution < 1.29 is 4.79 Å². The molecule has 4 atom stereocenters. The third kappa shape index (κ3) is 0.807. The minimum Gasteiger partial charge on any atom is -0.369 e. The minimum atomic E-state index is -0.241. The molecule has 3 nitrogen and oxygen atoms in total. The maximum absolute atomic E-state index is 10.9. The molecule has 1 fully saturated rings. The fourth-order valence-electron chi connectivity index (χ4n) is 2.26. The van der Waals surface area contributed by atoms with E-state index in [9.17, 15) is 4.79 Å². The lowest BCUT2D eigenvalue weighted by atomic mass is 9.89. The zero-order valence-corrected chi connectivity index (χ0v) is 6.23. The summed E-state index contributed by atoms with van der Waals surface area (Å²) in [6, 6.07) is -0.0255. The molecule has 0 radical (unpaired) electrons. The van der Waals surface area contributed by atoms with E-state index in [0.717, 1.165) is 6.42 Å². The van der Waals surface area contributed by atoms with E-state index >= 15 is 0 Å². The Hall–Kier alpha value is -0.830. The van der Waals surface area contributed by atoms with E-state index in [1.165, 1.54) is 0 Å². The Bertz CT molecular complexity index is 224. The maximum Gasteiger partial charge on any atom is 0.222 e. The highest BCUT2D eigenvalue weighted by Gasteiger charge is 2.45. The van der Waals surface area contributed by atoms with Gasteiger partial charge in [-0.15, -0.1) is 0 Å². The predicted octanol–water partition coefficient (Wildman–Crippen LogP) is -0.379. The number of allylic oxidation sites excluding steroid dienone is 1. The van der Waals surface area contributed by atoms with Crippen LogP contribution in [-0.4, -0.2) is 11.9 Å². The molecule has 2 rings (SSSR count). The number of amides is 1. The summed E-state index contributed by atoms with van der Waals surface area (Å²) in [6.07, 6.45) is 5.20. The highest BCUT2D eigenvalue weighted by Crippen LogP contribution is 2.42. The topological polar surface area (TPSA) is 69.1 Å². The van der Waals surface area contributed by atoms with Crippen LogP contribution in [0, 0.1) is 17.8 Å². The lowest BCUT2D eigenvalue weighted by Gasteiger charge is -2.20. The number of carbonyl (C=O) groups excluding carboxylic acids is 1. The number of primary amides is 1. The van der Waals surface area contributed by atoms with Crippen molar-refractivity contribution in [1.82, 2.24) is 0 Å². The molecule has 0 aromatic heterocycles. The van der Waals surface area contributed by atoms with Crippen LogP contribution in [0.15, 0.2) is 12.2 Å². The van der Waals surface area contributed by atoms with Gasteiger partial charge in [0.25, 0.3) is 0 Å². The molecule has 60 valence electrons. The third-order valence-electron chi connectivity index (χ3n) is 2.85. The van der Waals surface area contributed by atoms with Crippen LogP contribution in [0.3, 0.4) is 0 Å². The van der Waals surface area contributed by atoms with Crippen LogP contribution < -0.4 is 11.5 Å². The molecule has 2 aliphatic carbocycles. The Morgan fingerprint density at radius 3 is 2.36 bits per heavy atom. The van der Waals surface area contributed by atoms with Crippen LogP contribution in [0.25, 0.3) is 0 Å². The van der Waals surface area contributed by atoms with Crippen LogP contribution >= 0.6 is 0 Å². The molecule has 4 N–H and O–H groups in total. The van der Waals surface area contributed by atoms with E-state index in [2.05, 4.69) is 12.2 Å². The summed E-state index contributed by atoms with van der Waals surface area (Å²) < 4.78 is 0. The van der Waals surface area contributed by atoms with Gasteiger partial charge in [0.05, 0.1) is 5.92 Å². The summed E-state index contributed by atoms with van der Waals surface area (Å²) in [5, 5.41) is 0. The van der Waals surface area contributed by atoms with Gasteiger partial charge in [0.15, 0.2) is 0 Å². The Labute approximate surface area is 65.4 Å². The molecule has 0 unspecified atom stereocenters. The van der Waals surface area contributed by atoms with Crippen molar-refractivity contribution in [2.75, 3.05) is 0 Å². The highest BCUT2D eigenvalue weighted by molar-refractivity contribution is 5.79. The van der Waals surface area contributed by atoms with Crippen molar-refractivity contribution >= 4 is 5.91 Å². The molecule has 0 aromatic rings. The van der Waals surface area contributed by atoms with Gasteiger partial charge in [-0.1, -0.05) is 12.2 Å². The van der Waals surface area contributed by atoms with Gasteiger partial charge in [-0.25, -0.2) is 0 Å². The van der Waals surface area contributed by atoms with Crippen LogP contribution in [0.1, 0.15) is 6.42 Å². The van der Waals surface area contributed by atoms with Crippen molar-refractivity contribution in [3.8, 4) is 0 Å². The predicted molar refractivity (Wildman–Crippen MR) is 41.4 cm³/mol. The summed E-state index contributed by atoms with van der Waals surface area (Å²) in [7, 11) is 0. The molecule has 0 aromatic carbocycles. The van der Waals surface area contributed by atoms with Gasteiger partial charge >= 0.3 is 0 Å². The van der Waals surface area contributed by atoms with E-state index in [-0.39, 0.29) is 17.9 Å². The minimum absolute atomic E-state index is 0.0255. The molecular formula is C8H12N2O. The second-order valence-corrected chi connectivity index (χ2v) is 3.45. The van der Waals surface area contributed by atoms with E-state index in [1.807, 2.05) is 0 Å². The van der Waals surface area contributed by atoms with Crippen molar-refractivity contribution in [2.24, 2.45) is 29.2 Å². The Morgan fingerprint density at radius 1 is 1.36 bits per heavy atom. The van der Waals surface area contributed by atoms with Gasteiger partial charge < -0.3 is 11.5 Å². The summed E-state index contributed by atoms with van der Waals surface area (Å²) in [5.41, 5.74) is 11.0. The Morgan fingerprint density at radius 2 is 2.00 bits per heavy atom. The van der Waals surface area contributed by atoms with Gasteiger partial charge in [0.2, 0.25) is 5.91 Å². The molecular weight excluding hydrogens is 140 g/mol. The van der Waals surface area contributed by atoms with Gasteiger partial charge in [-0.3, -0.25) is 4.79 Å². The number of fused-ring (bicyclic) bond motifs is 2. The van der Waals surface area contributed by atoms with Gasteiger partial charge in [-0.05, 0) is 18.3 Å². The lowest BCUT2D eigenvalue weighted by molar-refractivity contribution is -0.122. The monoisotopic (exact) mass is 152 g/mol. The highest BCUT2D eigenvalue weighted by atomic mass is 16.1. The molecule has 2 bridgehead atoms. The molecule has 11 heavy (non-hydrogen) atoms. The number of hydrogen-bond acceptors (Lipinski definition) is 2. The molecule has 1 saturated carbocycles. The van der Waals surface area contributed by atoms with Gasteiger partial charge in [0.1, 0.15) is 0 Å². The second kappa shape index (κ2) is 2.08. The molecule has 0 aliphatic heterocycles. The Kier molecular flexibility index (Phi) is 1.29. The number of nitrogens with two attached hydrogens (primary N) is 2. The van der Waals surface area contributed by atoms with Crippen molar-refractivity contribution in [2.45, 2.75) is 12.5 Å².